The quantitative estimate of drug-likeness (QED) is 0.865. The van der Waals surface area contributed by atoms with E-state index in [-0.39, 0.29) is 11.9 Å². The predicted octanol–water partition coefficient (Wildman–Crippen LogP) is 3.60. The summed E-state index contributed by atoms with van der Waals surface area (Å²) in [5.74, 6) is 0.496. The number of hydrogen-bond donors (Lipinski definition) is 1. The van der Waals surface area contributed by atoms with E-state index in [9.17, 15) is 4.39 Å². The van der Waals surface area contributed by atoms with Crippen molar-refractivity contribution in [1.29, 1.82) is 0 Å². The third kappa shape index (κ3) is 3.68. The molecule has 0 radical (unpaired) electrons. The van der Waals surface area contributed by atoms with Crippen molar-refractivity contribution >= 4 is 11.6 Å². The number of nitrogens with two attached hydrogens (primary N) is 1. The molecular formula is C15H22ClFN2. The minimum Gasteiger partial charge on any atom is -0.329 e. The second kappa shape index (κ2) is 6.21. The van der Waals surface area contributed by atoms with E-state index in [0.717, 1.165) is 12.5 Å². The van der Waals surface area contributed by atoms with Crippen molar-refractivity contribution in [1.82, 2.24) is 4.90 Å². The molecule has 1 atom stereocenters. The van der Waals surface area contributed by atoms with Gasteiger partial charge in [0.05, 0.1) is 6.04 Å². The molecule has 0 spiro atoms. The van der Waals surface area contributed by atoms with Gasteiger partial charge in [0.25, 0.3) is 0 Å². The molecule has 0 bridgehead atoms. The molecule has 1 fully saturated rings. The van der Waals surface area contributed by atoms with E-state index >= 15 is 0 Å². The molecule has 4 heteroatoms. The fourth-order valence-electron chi connectivity index (χ4n) is 2.51. The van der Waals surface area contributed by atoms with Crippen molar-refractivity contribution in [2.45, 2.75) is 38.8 Å². The Balaban J connectivity index is 2.24. The molecule has 106 valence electrons. The minimum absolute atomic E-state index is 0.0714. The maximum atomic E-state index is 14.1. The Morgan fingerprint density at radius 3 is 2.58 bits per heavy atom. The van der Waals surface area contributed by atoms with E-state index in [4.69, 9.17) is 17.3 Å². The van der Waals surface area contributed by atoms with Crippen LogP contribution in [0.5, 0.6) is 0 Å². The molecule has 1 aliphatic rings. The first-order chi connectivity index (χ1) is 9.02. The van der Waals surface area contributed by atoms with Gasteiger partial charge in [-0.25, -0.2) is 4.39 Å². The Kier molecular flexibility index (Phi) is 4.82. The van der Waals surface area contributed by atoms with Crippen molar-refractivity contribution < 1.29 is 4.39 Å². The SMILES string of the molecule is CC(C)N(CC1CC1)C(CN)c1ccc(Cl)cc1F. The Morgan fingerprint density at radius 2 is 2.11 bits per heavy atom. The van der Waals surface area contributed by atoms with E-state index < -0.39 is 0 Å². The summed E-state index contributed by atoms with van der Waals surface area (Å²) in [6.45, 7) is 5.70. The Morgan fingerprint density at radius 1 is 1.42 bits per heavy atom. The molecule has 0 saturated heterocycles. The van der Waals surface area contributed by atoms with Crippen LogP contribution in [0.1, 0.15) is 38.3 Å². The molecule has 2 nitrogen and oxygen atoms in total. The second-order valence-corrected chi connectivity index (χ2v) is 6.09. The van der Waals surface area contributed by atoms with Gasteiger partial charge in [0.15, 0.2) is 0 Å². The number of benzene rings is 1. The maximum absolute atomic E-state index is 14.1. The van der Waals surface area contributed by atoms with Gasteiger partial charge in [-0.15, -0.1) is 0 Å². The zero-order valence-electron chi connectivity index (χ0n) is 11.6. The van der Waals surface area contributed by atoms with Crippen LogP contribution in [-0.2, 0) is 0 Å². The van der Waals surface area contributed by atoms with E-state index in [1.54, 1.807) is 12.1 Å². The molecule has 1 unspecified atom stereocenters. The van der Waals surface area contributed by atoms with Gasteiger partial charge < -0.3 is 5.73 Å². The van der Waals surface area contributed by atoms with Gasteiger partial charge in [0.2, 0.25) is 0 Å². The molecule has 19 heavy (non-hydrogen) atoms. The smallest absolute Gasteiger partial charge is 0.129 e. The highest BCUT2D eigenvalue weighted by Gasteiger charge is 2.30. The van der Waals surface area contributed by atoms with Gasteiger partial charge in [-0.3, -0.25) is 4.90 Å². The molecule has 0 aromatic heterocycles. The van der Waals surface area contributed by atoms with Gasteiger partial charge >= 0.3 is 0 Å². The van der Waals surface area contributed by atoms with Crippen LogP contribution in [0, 0.1) is 11.7 Å². The highest BCUT2D eigenvalue weighted by Crippen LogP contribution is 2.34. The summed E-state index contributed by atoms with van der Waals surface area (Å²) in [7, 11) is 0. The van der Waals surface area contributed by atoms with Crippen LogP contribution in [0.2, 0.25) is 5.02 Å². The number of halogens is 2. The summed E-state index contributed by atoms with van der Waals surface area (Å²) in [5.41, 5.74) is 6.56. The molecule has 1 aliphatic carbocycles. The number of nitrogens with zero attached hydrogens (tertiary/aromatic N) is 1. The van der Waals surface area contributed by atoms with Crippen LogP contribution in [0.4, 0.5) is 4.39 Å². The number of rotatable bonds is 6. The van der Waals surface area contributed by atoms with Crippen molar-refractivity contribution in [3.63, 3.8) is 0 Å². The van der Waals surface area contributed by atoms with Crippen molar-refractivity contribution in [2.24, 2.45) is 11.7 Å². The molecule has 1 aromatic rings. The summed E-state index contributed by atoms with van der Waals surface area (Å²) in [6.07, 6.45) is 2.56. The van der Waals surface area contributed by atoms with E-state index in [1.165, 1.54) is 18.9 Å². The van der Waals surface area contributed by atoms with Gasteiger partial charge in [-0.1, -0.05) is 17.7 Å². The lowest BCUT2D eigenvalue weighted by atomic mass is 10.0. The lowest BCUT2D eigenvalue weighted by Crippen LogP contribution is -2.40. The van der Waals surface area contributed by atoms with Gasteiger partial charge in [-0.05, 0) is 44.7 Å². The highest BCUT2D eigenvalue weighted by atomic mass is 35.5. The first-order valence-electron chi connectivity index (χ1n) is 6.93. The van der Waals surface area contributed by atoms with Crippen molar-refractivity contribution in [3.05, 3.63) is 34.6 Å². The maximum Gasteiger partial charge on any atom is 0.129 e. The lowest BCUT2D eigenvalue weighted by Gasteiger charge is -2.35. The largest absolute Gasteiger partial charge is 0.329 e. The van der Waals surface area contributed by atoms with E-state index in [2.05, 4.69) is 18.7 Å². The molecule has 2 rings (SSSR count). The fourth-order valence-corrected chi connectivity index (χ4v) is 2.67. The van der Waals surface area contributed by atoms with Crippen molar-refractivity contribution in [3.8, 4) is 0 Å². The molecule has 1 aromatic carbocycles. The standard InChI is InChI=1S/C15H22ClFN2/c1-10(2)19(9-11-3-4-11)15(8-18)13-6-5-12(16)7-14(13)17/h5-7,10-11,15H,3-4,8-9,18H2,1-2H3. The zero-order valence-corrected chi connectivity index (χ0v) is 12.3. The van der Waals surface area contributed by atoms with E-state index in [1.807, 2.05) is 0 Å². The topological polar surface area (TPSA) is 29.3 Å². The van der Waals surface area contributed by atoms with E-state index in [0.29, 0.717) is 23.2 Å². The summed E-state index contributed by atoms with van der Waals surface area (Å²) >= 11 is 5.82. The highest BCUT2D eigenvalue weighted by molar-refractivity contribution is 6.30. The first-order valence-corrected chi connectivity index (χ1v) is 7.31. The Labute approximate surface area is 119 Å². The lowest BCUT2D eigenvalue weighted by molar-refractivity contribution is 0.147. The second-order valence-electron chi connectivity index (χ2n) is 5.65. The average molecular weight is 285 g/mol. The third-order valence-corrected chi connectivity index (χ3v) is 4.01. The van der Waals surface area contributed by atoms with Crippen molar-refractivity contribution in [2.75, 3.05) is 13.1 Å². The summed E-state index contributed by atoms with van der Waals surface area (Å²) in [5, 5.41) is 0.426. The van der Waals surface area contributed by atoms with Gasteiger partial charge in [0.1, 0.15) is 5.82 Å². The fraction of sp³-hybridized carbons (Fsp3) is 0.600. The monoisotopic (exact) mass is 284 g/mol. The Hall–Kier alpha value is -0.640. The molecule has 0 amide bonds. The molecule has 0 aliphatic heterocycles. The van der Waals surface area contributed by atoms with Crippen LogP contribution in [0.25, 0.3) is 0 Å². The Bertz CT molecular complexity index is 432. The minimum atomic E-state index is -0.260. The average Bonchev–Trinajstić information content (AvgIpc) is 3.14. The van der Waals surface area contributed by atoms with Crippen LogP contribution in [0.3, 0.4) is 0 Å². The van der Waals surface area contributed by atoms with Crippen LogP contribution in [-0.4, -0.2) is 24.0 Å². The predicted molar refractivity (Wildman–Crippen MR) is 77.8 cm³/mol. The molecular weight excluding hydrogens is 263 g/mol. The summed E-state index contributed by atoms with van der Waals surface area (Å²) in [4.78, 5) is 2.31. The number of hydrogen-bond acceptors (Lipinski definition) is 2. The van der Waals surface area contributed by atoms with Crippen LogP contribution >= 0.6 is 11.6 Å². The third-order valence-electron chi connectivity index (χ3n) is 3.77. The van der Waals surface area contributed by atoms with Gasteiger partial charge in [-0.2, -0.15) is 0 Å². The normalized spacial score (nSPS) is 17.2. The summed E-state index contributed by atoms with van der Waals surface area (Å²) < 4.78 is 14.1. The molecule has 1 saturated carbocycles. The molecule has 2 N–H and O–H groups in total. The van der Waals surface area contributed by atoms with Crippen LogP contribution in [0.15, 0.2) is 18.2 Å². The molecule has 0 heterocycles. The van der Waals surface area contributed by atoms with Gasteiger partial charge in [0, 0.05) is 29.7 Å². The van der Waals surface area contributed by atoms with Crippen LogP contribution < -0.4 is 5.73 Å². The summed E-state index contributed by atoms with van der Waals surface area (Å²) in [6, 6.07) is 5.15. The first kappa shape index (κ1) is 14.8. The zero-order chi connectivity index (χ0) is 14.0.